The third kappa shape index (κ3) is 5.42. The van der Waals surface area contributed by atoms with E-state index in [1.54, 1.807) is 25.7 Å². The van der Waals surface area contributed by atoms with E-state index in [1.165, 1.54) is 4.57 Å². The summed E-state index contributed by atoms with van der Waals surface area (Å²) in [4.78, 5) is 26.2. The zero-order valence-corrected chi connectivity index (χ0v) is 17.5. The number of rotatable bonds is 3. The summed E-state index contributed by atoms with van der Waals surface area (Å²) in [6.45, 7) is 6.04. The molecule has 3 heterocycles. The standard InChI is InChI=1S/C19H28F3N5O3/c1-18(2,3)30-17(29)26-8-6-12(7-9-26)16(28)23-10-15-25-24-14-5-4-13(11-27(14)15)19(20,21)22/h12-13H,4-11H2,1-3H3,(H,23,28)/t13-/m0/s1. The van der Waals surface area contributed by atoms with Crippen molar-refractivity contribution in [1.29, 1.82) is 0 Å². The van der Waals surface area contributed by atoms with Crippen LogP contribution in [0.1, 0.15) is 51.7 Å². The summed E-state index contributed by atoms with van der Waals surface area (Å²) in [5.41, 5.74) is -0.576. The number of aromatic nitrogens is 3. The Bertz CT molecular complexity index is 779. The zero-order chi connectivity index (χ0) is 22.1. The predicted octanol–water partition coefficient (Wildman–Crippen LogP) is 2.67. The molecule has 2 aliphatic rings. The average Bonchev–Trinajstić information content (AvgIpc) is 3.06. The lowest BCUT2D eigenvalue weighted by atomic mass is 9.96. The molecule has 1 fully saturated rings. The Morgan fingerprint density at radius 2 is 1.80 bits per heavy atom. The molecule has 1 N–H and O–H groups in total. The van der Waals surface area contributed by atoms with Gasteiger partial charge in [-0.3, -0.25) is 4.79 Å². The molecule has 1 aromatic rings. The van der Waals surface area contributed by atoms with Gasteiger partial charge < -0.3 is 19.5 Å². The van der Waals surface area contributed by atoms with Gasteiger partial charge in [-0.2, -0.15) is 13.2 Å². The van der Waals surface area contributed by atoms with Crippen molar-refractivity contribution in [1.82, 2.24) is 25.0 Å². The Kier molecular flexibility index (Phi) is 6.28. The fraction of sp³-hybridized carbons (Fsp3) is 0.789. The van der Waals surface area contributed by atoms with Gasteiger partial charge >= 0.3 is 12.3 Å². The lowest BCUT2D eigenvalue weighted by Gasteiger charge is -2.33. The number of carbonyl (C=O) groups excluding carboxylic acids is 2. The summed E-state index contributed by atoms with van der Waals surface area (Å²) in [6, 6.07) is 0. The minimum Gasteiger partial charge on any atom is -0.444 e. The maximum atomic E-state index is 13.0. The molecule has 168 valence electrons. The second kappa shape index (κ2) is 8.43. The SMILES string of the molecule is CC(C)(C)OC(=O)N1CCC(C(=O)NCc2nnc3n2C[C@@H](C(F)(F)F)CC3)CC1. The Labute approximate surface area is 173 Å². The van der Waals surface area contributed by atoms with Crippen molar-refractivity contribution in [3.8, 4) is 0 Å². The molecule has 0 unspecified atom stereocenters. The van der Waals surface area contributed by atoms with E-state index in [9.17, 15) is 22.8 Å². The molecule has 0 spiro atoms. The van der Waals surface area contributed by atoms with Gasteiger partial charge in [-0.1, -0.05) is 0 Å². The third-order valence-corrected chi connectivity index (χ3v) is 5.42. The number of hydrogen-bond acceptors (Lipinski definition) is 5. The van der Waals surface area contributed by atoms with Crippen molar-refractivity contribution in [3.05, 3.63) is 11.6 Å². The first-order valence-corrected chi connectivity index (χ1v) is 10.2. The van der Waals surface area contributed by atoms with E-state index in [0.717, 1.165) is 0 Å². The Morgan fingerprint density at radius 1 is 1.13 bits per heavy atom. The maximum absolute atomic E-state index is 13.0. The summed E-state index contributed by atoms with van der Waals surface area (Å²) >= 11 is 0. The van der Waals surface area contributed by atoms with E-state index < -0.39 is 23.8 Å². The van der Waals surface area contributed by atoms with Crippen LogP contribution in [0.25, 0.3) is 0 Å². The number of nitrogens with zero attached hydrogens (tertiary/aromatic N) is 4. The van der Waals surface area contributed by atoms with Gasteiger partial charge in [-0.05, 0) is 40.0 Å². The fourth-order valence-electron chi connectivity index (χ4n) is 3.74. The molecule has 0 aliphatic carbocycles. The number of likely N-dealkylation sites (tertiary alicyclic amines) is 1. The number of halogens is 3. The lowest BCUT2D eigenvalue weighted by molar-refractivity contribution is -0.182. The number of hydrogen-bond donors (Lipinski definition) is 1. The highest BCUT2D eigenvalue weighted by Gasteiger charge is 2.42. The normalized spacial score (nSPS) is 20.6. The van der Waals surface area contributed by atoms with Crippen LogP contribution in [-0.4, -0.2) is 56.5 Å². The maximum Gasteiger partial charge on any atom is 0.410 e. The highest BCUT2D eigenvalue weighted by molar-refractivity contribution is 5.79. The van der Waals surface area contributed by atoms with E-state index in [0.29, 0.717) is 37.6 Å². The van der Waals surface area contributed by atoms with Crippen molar-refractivity contribution >= 4 is 12.0 Å². The second-order valence-electron chi connectivity index (χ2n) is 8.88. The van der Waals surface area contributed by atoms with Crippen LogP contribution < -0.4 is 5.32 Å². The van der Waals surface area contributed by atoms with Crippen LogP contribution in [0.5, 0.6) is 0 Å². The number of fused-ring (bicyclic) bond motifs is 1. The highest BCUT2D eigenvalue weighted by atomic mass is 19.4. The van der Waals surface area contributed by atoms with E-state index in [2.05, 4.69) is 15.5 Å². The highest BCUT2D eigenvalue weighted by Crippen LogP contribution is 2.34. The first-order valence-electron chi connectivity index (χ1n) is 10.2. The molecule has 11 heteroatoms. The van der Waals surface area contributed by atoms with Crippen LogP contribution in [0.15, 0.2) is 0 Å². The van der Waals surface area contributed by atoms with Gasteiger partial charge in [0.1, 0.15) is 11.4 Å². The van der Waals surface area contributed by atoms with Gasteiger partial charge in [0.05, 0.1) is 12.5 Å². The first-order chi connectivity index (χ1) is 13.9. The number of ether oxygens (including phenoxy) is 1. The number of alkyl halides is 3. The summed E-state index contributed by atoms with van der Waals surface area (Å²) in [5.74, 6) is -1.04. The molecular weight excluding hydrogens is 403 g/mol. The van der Waals surface area contributed by atoms with Gasteiger partial charge in [0.25, 0.3) is 0 Å². The smallest absolute Gasteiger partial charge is 0.410 e. The minimum atomic E-state index is -4.26. The molecule has 0 aromatic carbocycles. The molecule has 1 saturated heterocycles. The van der Waals surface area contributed by atoms with E-state index in [1.807, 2.05) is 0 Å². The van der Waals surface area contributed by atoms with E-state index in [4.69, 9.17) is 4.74 Å². The van der Waals surface area contributed by atoms with Crippen LogP contribution in [0.4, 0.5) is 18.0 Å². The van der Waals surface area contributed by atoms with Crippen molar-refractivity contribution in [2.75, 3.05) is 13.1 Å². The van der Waals surface area contributed by atoms with Gasteiger partial charge in [0, 0.05) is 32.0 Å². The van der Waals surface area contributed by atoms with Crippen LogP contribution in [-0.2, 0) is 29.0 Å². The number of amides is 2. The summed E-state index contributed by atoms with van der Waals surface area (Å²) in [7, 11) is 0. The predicted molar refractivity (Wildman–Crippen MR) is 100 cm³/mol. The molecule has 0 saturated carbocycles. The molecule has 8 nitrogen and oxygen atoms in total. The Hall–Kier alpha value is -2.33. The summed E-state index contributed by atoms with van der Waals surface area (Å²) in [5, 5.41) is 10.7. The monoisotopic (exact) mass is 431 g/mol. The number of piperidine rings is 1. The number of nitrogens with one attached hydrogen (secondary N) is 1. The topological polar surface area (TPSA) is 89.3 Å². The van der Waals surface area contributed by atoms with Crippen LogP contribution in [0.3, 0.4) is 0 Å². The molecule has 0 bridgehead atoms. The van der Waals surface area contributed by atoms with Gasteiger partial charge in [0.15, 0.2) is 5.82 Å². The first kappa shape index (κ1) is 22.4. The van der Waals surface area contributed by atoms with Crippen molar-refractivity contribution in [2.24, 2.45) is 11.8 Å². The van der Waals surface area contributed by atoms with Gasteiger partial charge in [-0.15, -0.1) is 10.2 Å². The number of aryl methyl sites for hydroxylation is 1. The zero-order valence-electron chi connectivity index (χ0n) is 17.5. The van der Waals surface area contributed by atoms with Gasteiger partial charge in [-0.25, -0.2) is 4.79 Å². The Morgan fingerprint density at radius 3 is 2.40 bits per heavy atom. The molecule has 0 radical (unpaired) electrons. The van der Waals surface area contributed by atoms with Crippen molar-refractivity contribution in [3.63, 3.8) is 0 Å². The summed E-state index contributed by atoms with van der Waals surface area (Å²) < 4.78 is 46.0. The average molecular weight is 431 g/mol. The molecular formula is C19H28F3N5O3. The molecule has 2 aliphatic heterocycles. The minimum absolute atomic E-state index is 0.00418. The molecule has 1 atom stereocenters. The molecule has 1 aromatic heterocycles. The van der Waals surface area contributed by atoms with E-state index in [-0.39, 0.29) is 37.8 Å². The molecule has 30 heavy (non-hydrogen) atoms. The van der Waals surface area contributed by atoms with Crippen molar-refractivity contribution in [2.45, 2.75) is 71.3 Å². The largest absolute Gasteiger partial charge is 0.444 e. The lowest BCUT2D eigenvalue weighted by Crippen LogP contribution is -2.44. The quantitative estimate of drug-likeness (QED) is 0.795. The Balaban J connectivity index is 1.50. The summed E-state index contributed by atoms with van der Waals surface area (Å²) in [6.07, 6.45) is -3.43. The fourth-order valence-corrected chi connectivity index (χ4v) is 3.74. The van der Waals surface area contributed by atoms with E-state index >= 15 is 0 Å². The number of carbonyl (C=O) groups is 2. The van der Waals surface area contributed by atoms with Crippen molar-refractivity contribution < 1.29 is 27.5 Å². The second-order valence-corrected chi connectivity index (χ2v) is 8.88. The third-order valence-electron chi connectivity index (χ3n) is 5.42. The molecule has 3 rings (SSSR count). The van der Waals surface area contributed by atoms with Crippen LogP contribution in [0, 0.1) is 11.8 Å². The van der Waals surface area contributed by atoms with Crippen LogP contribution >= 0.6 is 0 Å². The van der Waals surface area contributed by atoms with Crippen LogP contribution in [0.2, 0.25) is 0 Å². The van der Waals surface area contributed by atoms with Gasteiger partial charge in [0.2, 0.25) is 5.91 Å². The molecule has 2 amide bonds.